The molecule has 1 heterocycles. The molecule has 0 bridgehead atoms. The van der Waals surface area contributed by atoms with Crippen molar-refractivity contribution < 1.29 is 4.79 Å². The van der Waals surface area contributed by atoms with Gasteiger partial charge in [0.25, 0.3) is 0 Å². The van der Waals surface area contributed by atoms with Crippen LogP contribution in [0.3, 0.4) is 0 Å². The highest BCUT2D eigenvalue weighted by Crippen LogP contribution is 2.22. The fourth-order valence-electron chi connectivity index (χ4n) is 2.83. The molecule has 1 aromatic carbocycles. The van der Waals surface area contributed by atoms with Crippen molar-refractivity contribution in [2.75, 3.05) is 26.7 Å². The van der Waals surface area contributed by atoms with Crippen LogP contribution in [0.5, 0.6) is 0 Å². The third-order valence-electron chi connectivity index (χ3n) is 4.20. The summed E-state index contributed by atoms with van der Waals surface area (Å²) in [7, 11) is 2.02. The van der Waals surface area contributed by atoms with Gasteiger partial charge in [0, 0.05) is 17.6 Å². The molecule has 1 aliphatic rings. The van der Waals surface area contributed by atoms with Crippen LogP contribution in [0.4, 0.5) is 0 Å². The molecule has 1 fully saturated rings. The van der Waals surface area contributed by atoms with Crippen molar-refractivity contribution in [3.8, 4) is 0 Å². The number of hydrogen-bond acceptors (Lipinski definition) is 3. The summed E-state index contributed by atoms with van der Waals surface area (Å²) in [6.45, 7) is 4.61. The molecule has 4 heteroatoms. The topological polar surface area (TPSA) is 32.3 Å². The van der Waals surface area contributed by atoms with Gasteiger partial charge in [0.2, 0.25) is 0 Å². The number of rotatable bonds is 5. The maximum Gasteiger partial charge on any atom is 0.138 e. The lowest BCUT2D eigenvalue weighted by molar-refractivity contribution is -0.118. The minimum atomic E-state index is -0.0431. The van der Waals surface area contributed by atoms with Crippen molar-refractivity contribution in [3.63, 3.8) is 0 Å². The summed E-state index contributed by atoms with van der Waals surface area (Å²) in [5, 5.41) is 4.04. The van der Waals surface area contributed by atoms with E-state index in [2.05, 4.69) is 10.2 Å². The fourth-order valence-corrected chi connectivity index (χ4v) is 2.95. The Labute approximate surface area is 126 Å². The molecule has 1 aliphatic heterocycles. The molecular formula is C16H23ClN2O. The first-order chi connectivity index (χ1) is 9.60. The lowest BCUT2D eigenvalue weighted by atomic mass is 9.93. The number of Topliss-reactive ketones (excluding diaryl/α,β-unsaturated/α-hetero) is 1. The predicted octanol–water partition coefficient (Wildman–Crippen LogP) is 2.70. The number of carbonyl (C=O) groups is 1. The molecule has 110 valence electrons. The van der Waals surface area contributed by atoms with Crippen LogP contribution >= 0.6 is 11.6 Å². The highest BCUT2D eigenvalue weighted by atomic mass is 35.5. The minimum Gasteiger partial charge on any atom is -0.317 e. The monoisotopic (exact) mass is 294 g/mol. The third kappa shape index (κ3) is 4.05. The molecule has 0 aromatic heterocycles. The number of hydrogen-bond donors (Lipinski definition) is 1. The van der Waals surface area contributed by atoms with Gasteiger partial charge in [-0.3, -0.25) is 4.79 Å². The van der Waals surface area contributed by atoms with Crippen LogP contribution in [-0.4, -0.2) is 43.4 Å². The number of piperidine rings is 1. The van der Waals surface area contributed by atoms with E-state index >= 15 is 0 Å². The largest absolute Gasteiger partial charge is 0.317 e. The van der Waals surface area contributed by atoms with E-state index in [1.54, 1.807) is 6.92 Å². The van der Waals surface area contributed by atoms with Crippen LogP contribution < -0.4 is 5.32 Å². The third-order valence-corrected chi connectivity index (χ3v) is 4.45. The second-order valence-corrected chi connectivity index (χ2v) is 6.01. The lowest BCUT2D eigenvalue weighted by Gasteiger charge is -2.33. The highest BCUT2D eigenvalue weighted by molar-refractivity contribution is 6.30. The molecule has 1 atom stereocenters. The summed E-state index contributed by atoms with van der Waals surface area (Å²) in [6.07, 6.45) is 2.31. The minimum absolute atomic E-state index is 0.0431. The van der Waals surface area contributed by atoms with Crippen LogP contribution in [0.15, 0.2) is 24.3 Å². The first-order valence-electron chi connectivity index (χ1n) is 7.25. The van der Waals surface area contributed by atoms with Gasteiger partial charge < -0.3 is 10.2 Å². The number of nitrogens with one attached hydrogen (secondary N) is 1. The maximum atomic E-state index is 12.0. The van der Waals surface area contributed by atoms with E-state index in [1.807, 2.05) is 31.3 Å². The second-order valence-electron chi connectivity index (χ2n) is 5.58. The SMILES string of the molecule is CNC1CCN(C[C@H](C(C)=O)c2ccc(Cl)cc2)CC1. The number of nitrogens with zero attached hydrogens (tertiary/aromatic N) is 1. The maximum absolute atomic E-state index is 12.0. The van der Waals surface area contributed by atoms with Crippen molar-refractivity contribution >= 4 is 17.4 Å². The quantitative estimate of drug-likeness (QED) is 0.906. The molecule has 20 heavy (non-hydrogen) atoms. The highest BCUT2D eigenvalue weighted by Gasteiger charge is 2.24. The number of benzene rings is 1. The zero-order chi connectivity index (χ0) is 14.5. The van der Waals surface area contributed by atoms with Crippen LogP contribution in [0.1, 0.15) is 31.2 Å². The molecule has 0 aliphatic carbocycles. The van der Waals surface area contributed by atoms with Crippen LogP contribution in [0, 0.1) is 0 Å². The molecule has 0 amide bonds. The molecule has 0 radical (unpaired) electrons. The van der Waals surface area contributed by atoms with Gasteiger partial charge in [0.05, 0.1) is 5.92 Å². The van der Waals surface area contributed by atoms with Gasteiger partial charge in [-0.15, -0.1) is 0 Å². The van der Waals surface area contributed by atoms with Crippen LogP contribution in [-0.2, 0) is 4.79 Å². The Kier molecular flexibility index (Phi) is 5.58. The summed E-state index contributed by atoms with van der Waals surface area (Å²) in [6, 6.07) is 8.28. The predicted molar refractivity (Wildman–Crippen MR) is 83.4 cm³/mol. The Morgan fingerprint density at radius 3 is 2.45 bits per heavy atom. The van der Waals surface area contributed by atoms with Crippen molar-refractivity contribution in [2.45, 2.75) is 31.7 Å². The fraction of sp³-hybridized carbons (Fsp3) is 0.562. The van der Waals surface area contributed by atoms with Crippen LogP contribution in [0.25, 0.3) is 0 Å². The molecule has 1 aromatic rings. The van der Waals surface area contributed by atoms with Crippen LogP contribution in [0.2, 0.25) is 5.02 Å². The van der Waals surface area contributed by atoms with Gasteiger partial charge >= 0.3 is 0 Å². The molecule has 2 rings (SSSR count). The Balaban J connectivity index is 2.00. The Morgan fingerprint density at radius 2 is 1.95 bits per heavy atom. The lowest BCUT2D eigenvalue weighted by Crippen LogP contribution is -2.43. The van der Waals surface area contributed by atoms with Crippen molar-refractivity contribution in [2.24, 2.45) is 0 Å². The van der Waals surface area contributed by atoms with Gasteiger partial charge in [-0.1, -0.05) is 23.7 Å². The van der Waals surface area contributed by atoms with E-state index in [-0.39, 0.29) is 11.7 Å². The summed E-state index contributed by atoms with van der Waals surface area (Å²) < 4.78 is 0. The Bertz CT molecular complexity index is 438. The Morgan fingerprint density at radius 1 is 1.35 bits per heavy atom. The normalized spacial score (nSPS) is 18.9. The molecule has 0 spiro atoms. The van der Waals surface area contributed by atoms with Crippen molar-refractivity contribution in [1.29, 1.82) is 0 Å². The summed E-state index contributed by atoms with van der Waals surface area (Å²) in [4.78, 5) is 14.3. The number of ketones is 1. The first kappa shape index (κ1) is 15.5. The van der Waals surface area contributed by atoms with E-state index in [9.17, 15) is 4.79 Å². The first-order valence-corrected chi connectivity index (χ1v) is 7.63. The number of carbonyl (C=O) groups excluding carboxylic acids is 1. The molecular weight excluding hydrogens is 272 g/mol. The van der Waals surface area contributed by atoms with Gasteiger partial charge in [-0.25, -0.2) is 0 Å². The summed E-state index contributed by atoms with van der Waals surface area (Å²) in [5.74, 6) is 0.182. The van der Waals surface area contributed by atoms with E-state index in [0.29, 0.717) is 11.1 Å². The van der Waals surface area contributed by atoms with E-state index < -0.39 is 0 Å². The van der Waals surface area contributed by atoms with Gasteiger partial charge in [0.1, 0.15) is 5.78 Å². The van der Waals surface area contributed by atoms with E-state index in [4.69, 9.17) is 11.6 Å². The average Bonchev–Trinajstić information content (AvgIpc) is 2.46. The zero-order valence-corrected chi connectivity index (χ0v) is 13.0. The van der Waals surface area contributed by atoms with Gasteiger partial charge in [-0.05, 0) is 57.6 Å². The van der Waals surface area contributed by atoms with Crippen molar-refractivity contribution in [1.82, 2.24) is 10.2 Å². The standard InChI is InChI=1S/C16H23ClN2O/c1-12(20)16(13-3-5-14(17)6-4-13)11-19-9-7-15(18-2)8-10-19/h3-6,15-16,18H,7-11H2,1-2H3/t16-/m1/s1. The molecule has 1 N–H and O–H groups in total. The zero-order valence-electron chi connectivity index (χ0n) is 12.2. The number of likely N-dealkylation sites (tertiary alicyclic amines) is 1. The van der Waals surface area contributed by atoms with Crippen molar-refractivity contribution in [3.05, 3.63) is 34.9 Å². The average molecular weight is 295 g/mol. The van der Waals surface area contributed by atoms with Gasteiger partial charge in [-0.2, -0.15) is 0 Å². The Hall–Kier alpha value is -0.900. The smallest absolute Gasteiger partial charge is 0.138 e. The second kappa shape index (κ2) is 7.21. The molecule has 0 saturated carbocycles. The number of halogens is 1. The summed E-state index contributed by atoms with van der Waals surface area (Å²) >= 11 is 5.92. The molecule has 3 nitrogen and oxygen atoms in total. The van der Waals surface area contributed by atoms with Gasteiger partial charge in [0.15, 0.2) is 0 Å². The summed E-state index contributed by atoms with van der Waals surface area (Å²) in [5.41, 5.74) is 1.07. The molecule has 0 unspecified atom stereocenters. The van der Waals surface area contributed by atoms with E-state index in [0.717, 1.165) is 38.0 Å². The molecule has 1 saturated heterocycles. The van der Waals surface area contributed by atoms with E-state index in [1.165, 1.54) is 0 Å².